The summed E-state index contributed by atoms with van der Waals surface area (Å²) in [6, 6.07) is 8.09. The zero-order valence-corrected chi connectivity index (χ0v) is 19.8. The normalized spacial score (nSPS) is 11.9. The summed E-state index contributed by atoms with van der Waals surface area (Å²) in [7, 11) is 1.20. The molecule has 0 fully saturated rings. The first kappa shape index (κ1) is 23.4. The van der Waals surface area contributed by atoms with Crippen molar-refractivity contribution < 1.29 is 29.0 Å². The molecule has 0 radical (unpaired) electrons. The molecule has 0 saturated carbocycles. The number of amides is 1. The third-order valence-corrected chi connectivity index (χ3v) is 6.52. The minimum atomic E-state index is -1.16. The smallest absolute Gasteiger partial charge is 0.357 e. The van der Waals surface area contributed by atoms with E-state index in [2.05, 4.69) is 24.1 Å². The van der Waals surface area contributed by atoms with Crippen molar-refractivity contribution in [1.82, 2.24) is 10.3 Å². The number of aromatic nitrogens is 1. The highest BCUT2D eigenvalue weighted by atomic mass is 32.1. The number of carboxylic acids is 1. The predicted molar refractivity (Wildman–Crippen MR) is 127 cm³/mol. The van der Waals surface area contributed by atoms with Crippen LogP contribution in [0.15, 0.2) is 35.7 Å². The van der Waals surface area contributed by atoms with Crippen molar-refractivity contribution in [3.63, 3.8) is 0 Å². The molecule has 8 nitrogen and oxygen atoms in total. The van der Waals surface area contributed by atoms with Crippen LogP contribution in [0.5, 0.6) is 5.75 Å². The molecule has 1 aliphatic rings. The van der Waals surface area contributed by atoms with Crippen LogP contribution in [0.25, 0.3) is 21.6 Å². The molecule has 2 aromatic heterocycles. The van der Waals surface area contributed by atoms with E-state index < -0.39 is 17.8 Å². The molecule has 1 aliphatic heterocycles. The highest BCUT2D eigenvalue weighted by Gasteiger charge is 2.27. The Balaban J connectivity index is 1.80. The maximum atomic E-state index is 12.6. The van der Waals surface area contributed by atoms with Crippen molar-refractivity contribution in [1.29, 1.82) is 0 Å². The van der Waals surface area contributed by atoms with Gasteiger partial charge in [0, 0.05) is 33.7 Å². The molecule has 0 spiro atoms. The molecule has 34 heavy (non-hydrogen) atoms. The average molecular weight is 481 g/mol. The molecule has 2 N–H and O–H groups in total. The van der Waals surface area contributed by atoms with Gasteiger partial charge in [-0.2, -0.15) is 0 Å². The van der Waals surface area contributed by atoms with Gasteiger partial charge < -0.3 is 19.9 Å². The van der Waals surface area contributed by atoms with Crippen LogP contribution in [-0.4, -0.2) is 41.6 Å². The predicted octanol–water partition coefficient (Wildman–Crippen LogP) is 4.63. The van der Waals surface area contributed by atoms with Gasteiger partial charge in [0.1, 0.15) is 18.1 Å². The first-order chi connectivity index (χ1) is 16.3. The SMILES string of the molecule is COC(=O)c1nc(C(=O)NCCC(C)C)ccc1-c1cc2c(cc1C(=O)O)-c1sccc1CO2. The first-order valence-corrected chi connectivity index (χ1v) is 11.7. The van der Waals surface area contributed by atoms with Crippen LogP contribution in [0.4, 0.5) is 0 Å². The number of aromatic carboxylic acids is 1. The number of rotatable bonds is 7. The summed E-state index contributed by atoms with van der Waals surface area (Å²) in [5.41, 5.74) is 2.07. The summed E-state index contributed by atoms with van der Waals surface area (Å²) < 4.78 is 10.8. The van der Waals surface area contributed by atoms with Crippen molar-refractivity contribution in [2.75, 3.05) is 13.7 Å². The lowest BCUT2D eigenvalue weighted by atomic mass is 9.93. The standard InChI is InChI=1S/C25H24N2O6S/c1-13(2)6-8-26-23(28)19-5-4-15(21(27-19)25(31)32-3)16-11-20-18(10-17(16)24(29)30)22-14(12-33-20)7-9-34-22/h4-5,7,9-11,13H,6,8,12H2,1-3H3,(H,26,28)(H,29,30). The Morgan fingerprint density at radius 1 is 1.18 bits per heavy atom. The van der Waals surface area contributed by atoms with Gasteiger partial charge in [0.2, 0.25) is 0 Å². The highest BCUT2D eigenvalue weighted by molar-refractivity contribution is 7.13. The van der Waals surface area contributed by atoms with Crippen LogP contribution in [-0.2, 0) is 11.3 Å². The Morgan fingerprint density at radius 2 is 1.97 bits per heavy atom. The lowest BCUT2D eigenvalue weighted by molar-refractivity contribution is 0.0593. The molecule has 1 aromatic carbocycles. The summed E-state index contributed by atoms with van der Waals surface area (Å²) >= 11 is 1.51. The fraction of sp³-hybridized carbons (Fsp3) is 0.280. The minimum Gasteiger partial charge on any atom is -0.488 e. The second kappa shape index (κ2) is 9.64. The topological polar surface area (TPSA) is 115 Å². The van der Waals surface area contributed by atoms with Gasteiger partial charge in [0.15, 0.2) is 5.69 Å². The van der Waals surface area contributed by atoms with Gasteiger partial charge in [-0.1, -0.05) is 13.8 Å². The fourth-order valence-electron chi connectivity index (χ4n) is 3.74. The molecule has 3 aromatic rings. The number of pyridine rings is 1. The largest absolute Gasteiger partial charge is 0.488 e. The Bertz CT molecular complexity index is 1280. The van der Waals surface area contributed by atoms with Crippen molar-refractivity contribution >= 4 is 29.2 Å². The van der Waals surface area contributed by atoms with E-state index in [0.717, 1.165) is 16.9 Å². The van der Waals surface area contributed by atoms with Gasteiger partial charge in [0.05, 0.1) is 12.7 Å². The maximum Gasteiger partial charge on any atom is 0.357 e. The quantitative estimate of drug-likeness (QED) is 0.474. The maximum absolute atomic E-state index is 12.6. The van der Waals surface area contributed by atoms with Gasteiger partial charge >= 0.3 is 11.9 Å². The second-order valence-corrected chi connectivity index (χ2v) is 9.20. The number of ether oxygens (including phenoxy) is 2. The van der Waals surface area contributed by atoms with Crippen LogP contribution >= 0.6 is 11.3 Å². The summed E-state index contributed by atoms with van der Waals surface area (Å²) in [6.45, 7) is 4.95. The van der Waals surface area contributed by atoms with E-state index in [0.29, 0.717) is 30.4 Å². The number of thiophene rings is 1. The molecule has 176 valence electrons. The summed E-state index contributed by atoms with van der Waals surface area (Å²) in [4.78, 5) is 42.5. The van der Waals surface area contributed by atoms with E-state index in [-0.39, 0.29) is 28.1 Å². The third kappa shape index (κ3) is 4.51. The Morgan fingerprint density at radius 3 is 2.68 bits per heavy atom. The van der Waals surface area contributed by atoms with Crippen LogP contribution in [0.1, 0.15) is 57.2 Å². The molecular formula is C25H24N2O6S. The fourth-order valence-corrected chi connectivity index (χ4v) is 4.67. The molecule has 0 unspecified atom stereocenters. The highest BCUT2D eigenvalue weighted by Crippen LogP contribution is 2.44. The van der Waals surface area contributed by atoms with E-state index in [1.165, 1.54) is 30.6 Å². The van der Waals surface area contributed by atoms with Crippen LogP contribution in [0.3, 0.4) is 0 Å². The van der Waals surface area contributed by atoms with Gasteiger partial charge in [-0.15, -0.1) is 11.3 Å². The van der Waals surface area contributed by atoms with Gasteiger partial charge in [-0.05, 0) is 48.1 Å². The molecule has 0 bridgehead atoms. The summed E-state index contributed by atoms with van der Waals surface area (Å²) in [6.07, 6.45) is 0.802. The van der Waals surface area contributed by atoms with Crippen molar-refractivity contribution in [2.45, 2.75) is 26.9 Å². The number of carbonyl (C=O) groups excluding carboxylic acids is 2. The molecular weight excluding hydrogens is 456 g/mol. The van der Waals surface area contributed by atoms with E-state index in [4.69, 9.17) is 9.47 Å². The first-order valence-electron chi connectivity index (χ1n) is 10.8. The van der Waals surface area contributed by atoms with Crippen LogP contribution in [0.2, 0.25) is 0 Å². The van der Waals surface area contributed by atoms with E-state index in [1.807, 2.05) is 11.4 Å². The zero-order valence-electron chi connectivity index (χ0n) is 19.0. The van der Waals surface area contributed by atoms with Crippen molar-refractivity contribution in [3.05, 3.63) is 58.2 Å². The lowest BCUT2D eigenvalue weighted by Crippen LogP contribution is -2.27. The molecule has 9 heteroatoms. The van der Waals surface area contributed by atoms with Crippen LogP contribution in [0, 0.1) is 5.92 Å². The van der Waals surface area contributed by atoms with E-state index in [1.54, 1.807) is 12.1 Å². The van der Waals surface area contributed by atoms with Crippen LogP contribution < -0.4 is 10.1 Å². The number of nitrogens with zero attached hydrogens (tertiary/aromatic N) is 1. The Labute approximate surface area is 200 Å². The van der Waals surface area contributed by atoms with Crippen molar-refractivity contribution in [2.24, 2.45) is 5.92 Å². The Hall–Kier alpha value is -3.72. The number of fused-ring (bicyclic) bond motifs is 3. The lowest BCUT2D eigenvalue weighted by Gasteiger charge is -2.20. The average Bonchev–Trinajstić information content (AvgIpc) is 3.31. The molecule has 0 saturated heterocycles. The summed E-state index contributed by atoms with van der Waals surface area (Å²) in [5.74, 6) is -1.42. The molecule has 3 heterocycles. The molecule has 4 rings (SSSR count). The number of carboxylic acid groups (broad SMARTS) is 1. The molecule has 0 atom stereocenters. The Kier molecular flexibility index (Phi) is 6.65. The van der Waals surface area contributed by atoms with Gasteiger partial charge in [0.25, 0.3) is 5.91 Å². The number of esters is 1. The number of hydrogen-bond acceptors (Lipinski definition) is 7. The zero-order chi connectivity index (χ0) is 24.4. The molecule has 1 amide bonds. The van der Waals surface area contributed by atoms with Crippen molar-refractivity contribution in [3.8, 4) is 27.3 Å². The number of methoxy groups -OCH3 is 1. The second-order valence-electron chi connectivity index (χ2n) is 8.29. The summed E-state index contributed by atoms with van der Waals surface area (Å²) in [5, 5.41) is 14.7. The monoisotopic (exact) mass is 480 g/mol. The number of hydrogen-bond donors (Lipinski definition) is 2. The third-order valence-electron chi connectivity index (χ3n) is 5.53. The number of nitrogens with one attached hydrogen (secondary N) is 1. The van der Waals surface area contributed by atoms with Gasteiger partial charge in [-0.3, -0.25) is 4.79 Å². The van der Waals surface area contributed by atoms with E-state index in [9.17, 15) is 19.5 Å². The minimum absolute atomic E-state index is 0.00955. The molecule has 0 aliphatic carbocycles. The van der Waals surface area contributed by atoms with Gasteiger partial charge in [-0.25, -0.2) is 14.6 Å². The number of carbonyl (C=O) groups is 3. The number of benzene rings is 1. The van der Waals surface area contributed by atoms with E-state index >= 15 is 0 Å².